The second kappa shape index (κ2) is 4.31. The zero-order valence-corrected chi connectivity index (χ0v) is 6.42. The van der Waals surface area contributed by atoms with Gasteiger partial charge < -0.3 is 10.4 Å². The van der Waals surface area contributed by atoms with E-state index in [9.17, 15) is 4.79 Å². The van der Waals surface area contributed by atoms with E-state index in [0.717, 1.165) is 26.1 Å². The summed E-state index contributed by atoms with van der Waals surface area (Å²) >= 11 is 0. The molecule has 0 spiro atoms. The molecule has 63 valence electrons. The van der Waals surface area contributed by atoms with E-state index in [1.165, 1.54) is 0 Å². The van der Waals surface area contributed by atoms with Crippen LogP contribution in [0.2, 0.25) is 0 Å². The molecule has 0 saturated carbocycles. The maximum absolute atomic E-state index is 10.3. The van der Waals surface area contributed by atoms with Gasteiger partial charge >= 0.3 is 5.97 Å². The van der Waals surface area contributed by atoms with Gasteiger partial charge in [0.15, 0.2) is 0 Å². The quantitative estimate of drug-likeness (QED) is 0.564. The first-order chi connectivity index (χ1) is 5.29. The minimum atomic E-state index is -0.732. The van der Waals surface area contributed by atoms with E-state index in [-0.39, 0.29) is 12.5 Å². The van der Waals surface area contributed by atoms with Gasteiger partial charge in [-0.2, -0.15) is 0 Å². The fourth-order valence-corrected chi connectivity index (χ4v) is 1.19. The van der Waals surface area contributed by atoms with E-state index in [1.54, 1.807) is 0 Å². The van der Waals surface area contributed by atoms with E-state index >= 15 is 0 Å². The maximum Gasteiger partial charge on any atom is 0.304 e. The van der Waals surface area contributed by atoms with Gasteiger partial charge in [-0.25, -0.2) is 5.32 Å². The number of carboxylic acids is 1. The Kier molecular flexibility index (Phi) is 3.32. The van der Waals surface area contributed by atoms with Crippen molar-refractivity contribution in [2.45, 2.75) is 18.9 Å². The van der Waals surface area contributed by atoms with Crippen LogP contribution in [0.3, 0.4) is 0 Å². The number of hydrogen-bond acceptors (Lipinski definition) is 2. The van der Waals surface area contributed by atoms with Crippen LogP contribution in [0, 0.1) is 0 Å². The first-order valence-electron chi connectivity index (χ1n) is 3.87. The summed E-state index contributed by atoms with van der Waals surface area (Å²) in [5.74, 6) is -0.732. The van der Waals surface area contributed by atoms with E-state index in [2.05, 4.69) is 10.6 Å². The fraction of sp³-hybridized carbons (Fsp3) is 0.857. The number of aliphatic carboxylic acids is 1. The molecule has 2 N–H and O–H groups in total. The molecule has 1 unspecified atom stereocenters. The first kappa shape index (κ1) is 8.49. The Bertz CT molecular complexity index is 130. The van der Waals surface area contributed by atoms with Gasteiger partial charge in [0.05, 0.1) is 6.42 Å². The molecule has 1 fully saturated rings. The third kappa shape index (κ3) is 3.34. The van der Waals surface area contributed by atoms with Crippen molar-refractivity contribution in [3.05, 3.63) is 0 Å². The lowest BCUT2D eigenvalue weighted by molar-refractivity contribution is -0.137. The van der Waals surface area contributed by atoms with Crippen LogP contribution >= 0.6 is 0 Å². The molecule has 0 bridgehead atoms. The topological polar surface area (TPSA) is 63.4 Å². The largest absolute Gasteiger partial charge is 0.481 e. The summed E-state index contributed by atoms with van der Waals surface area (Å²) in [6, 6.07) is 0.124. The fourth-order valence-electron chi connectivity index (χ4n) is 1.19. The van der Waals surface area contributed by atoms with Crippen molar-refractivity contribution in [2.24, 2.45) is 0 Å². The molecule has 11 heavy (non-hydrogen) atoms. The molecule has 0 aromatic rings. The molecular weight excluding hydrogens is 144 g/mol. The smallest absolute Gasteiger partial charge is 0.304 e. The molecule has 4 nitrogen and oxygen atoms in total. The molecule has 4 heteroatoms. The van der Waals surface area contributed by atoms with Crippen LogP contribution in [0.4, 0.5) is 0 Å². The SMILES string of the molecule is O=C(O)CC1CC[N]CCN1. The number of hydrogen-bond donors (Lipinski definition) is 2. The molecule has 0 aromatic carbocycles. The van der Waals surface area contributed by atoms with Gasteiger partial charge in [0, 0.05) is 25.7 Å². The second-order valence-electron chi connectivity index (χ2n) is 2.71. The van der Waals surface area contributed by atoms with Crippen molar-refractivity contribution < 1.29 is 9.90 Å². The standard InChI is InChI=1S/C7H13N2O2/c10-7(11)5-6-1-2-8-3-4-9-6/h6,9H,1-5H2,(H,10,11). The van der Waals surface area contributed by atoms with Crippen LogP contribution in [0.25, 0.3) is 0 Å². The number of carboxylic acid groups (broad SMARTS) is 1. The summed E-state index contributed by atoms with van der Waals surface area (Å²) in [7, 11) is 0. The van der Waals surface area contributed by atoms with Crippen molar-refractivity contribution >= 4 is 5.97 Å². The molecule has 1 rings (SSSR count). The van der Waals surface area contributed by atoms with Crippen molar-refractivity contribution in [3.63, 3.8) is 0 Å². The van der Waals surface area contributed by atoms with Crippen LogP contribution in [0.5, 0.6) is 0 Å². The Morgan fingerprint density at radius 2 is 2.45 bits per heavy atom. The predicted molar refractivity (Wildman–Crippen MR) is 40.5 cm³/mol. The monoisotopic (exact) mass is 157 g/mol. The molecule has 1 atom stereocenters. The summed E-state index contributed by atoms with van der Waals surface area (Å²) in [6.45, 7) is 2.43. The molecular formula is C7H13N2O2. The normalized spacial score (nSPS) is 26.0. The minimum absolute atomic E-state index is 0.124. The van der Waals surface area contributed by atoms with Gasteiger partial charge in [0.2, 0.25) is 0 Å². The molecule has 0 aliphatic carbocycles. The summed E-state index contributed by atoms with van der Waals surface area (Å²) in [6.07, 6.45) is 1.07. The molecule has 1 saturated heterocycles. The lowest BCUT2D eigenvalue weighted by Crippen LogP contribution is -2.31. The lowest BCUT2D eigenvalue weighted by Gasteiger charge is -2.11. The van der Waals surface area contributed by atoms with Crippen LogP contribution in [-0.2, 0) is 4.79 Å². The number of carbonyl (C=O) groups is 1. The van der Waals surface area contributed by atoms with Gasteiger partial charge in [-0.1, -0.05) is 0 Å². The minimum Gasteiger partial charge on any atom is -0.481 e. The van der Waals surface area contributed by atoms with Crippen LogP contribution in [0.15, 0.2) is 0 Å². The zero-order valence-electron chi connectivity index (χ0n) is 6.42. The average Bonchev–Trinajstić information content (AvgIpc) is 2.14. The third-order valence-electron chi connectivity index (χ3n) is 1.76. The number of nitrogens with zero attached hydrogens (tertiary/aromatic N) is 1. The Labute approximate surface area is 66.0 Å². The summed E-state index contributed by atoms with van der Waals surface area (Å²) in [5, 5.41) is 15.8. The molecule has 1 heterocycles. The van der Waals surface area contributed by atoms with E-state index in [1.807, 2.05) is 0 Å². The van der Waals surface area contributed by atoms with Crippen LogP contribution in [-0.4, -0.2) is 36.8 Å². The number of rotatable bonds is 2. The van der Waals surface area contributed by atoms with Gasteiger partial charge in [-0.05, 0) is 6.42 Å². The predicted octanol–water partition coefficient (Wildman–Crippen LogP) is -0.573. The Hall–Kier alpha value is -0.610. The van der Waals surface area contributed by atoms with Gasteiger partial charge in [-0.15, -0.1) is 0 Å². The molecule has 1 aliphatic heterocycles. The number of nitrogens with one attached hydrogen (secondary N) is 1. The zero-order chi connectivity index (χ0) is 8.10. The highest BCUT2D eigenvalue weighted by Gasteiger charge is 2.14. The Morgan fingerprint density at radius 1 is 1.64 bits per heavy atom. The Balaban J connectivity index is 2.25. The second-order valence-corrected chi connectivity index (χ2v) is 2.71. The van der Waals surface area contributed by atoms with Crippen molar-refractivity contribution in [1.29, 1.82) is 0 Å². The molecule has 1 radical (unpaired) electrons. The van der Waals surface area contributed by atoms with Gasteiger partial charge in [0.25, 0.3) is 0 Å². The lowest BCUT2D eigenvalue weighted by atomic mass is 10.1. The van der Waals surface area contributed by atoms with E-state index in [0.29, 0.717) is 0 Å². The van der Waals surface area contributed by atoms with Crippen molar-refractivity contribution in [3.8, 4) is 0 Å². The highest BCUT2D eigenvalue weighted by molar-refractivity contribution is 5.67. The van der Waals surface area contributed by atoms with Gasteiger partial charge in [-0.3, -0.25) is 4.79 Å². The third-order valence-corrected chi connectivity index (χ3v) is 1.76. The Morgan fingerprint density at radius 3 is 3.18 bits per heavy atom. The van der Waals surface area contributed by atoms with Crippen molar-refractivity contribution in [2.75, 3.05) is 19.6 Å². The summed E-state index contributed by atoms with van der Waals surface area (Å²) < 4.78 is 0. The average molecular weight is 157 g/mol. The highest BCUT2D eigenvalue weighted by atomic mass is 16.4. The van der Waals surface area contributed by atoms with Crippen LogP contribution in [0.1, 0.15) is 12.8 Å². The van der Waals surface area contributed by atoms with E-state index in [4.69, 9.17) is 5.11 Å². The maximum atomic E-state index is 10.3. The van der Waals surface area contributed by atoms with Crippen molar-refractivity contribution in [1.82, 2.24) is 10.6 Å². The summed E-state index contributed by atoms with van der Waals surface area (Å²) in [4.78, 5) is 10.3. The first-order valence-corrected chi connectivity index (χ1v) is 3.87. The van der Waals surface area contributed by atoms with E-state index < -0.39 is 5.97 Å². The molecule has 1 aliphatic rings. The van der Waals surface area contributed by atoms with Gasteiger partial charge in [0.1, 0.15) is 0 Å². The van der Waals surface area contributed by atoms with Crippen LogP contribution < -0.4 is 10.6 Å². The molecule has 0 aromatic heterocycles. The summed E-state index contributed by atoms with van der Waals surface area (Å²) in [5.41, 5.74) is 0. The highest BCUT2D eigenvalue weighted by Crippen LogP contribution is 1.99. The molecule has 0 amide bonds.